The number of carbonyl (C=O) groups is 1. The molecule has 0 aliphatic rings. The third-order valence-electron chi connectivity index (χ3n) is 2.88. The molecule has 19 heavy (non-hydrogen) atoms. The average Bonchev–Trinajstić information content (AvgIpc) is 2.74. The molecule has 2 atom stereocenters. The average molecular weight is 267 g/mol. The van der Waals surface area contributed by atoms with Crippen LogP contribution in [0.1, 0.15) is 6.92 Å². The van der Waals surface area contributed by atoms with E-state index in [4.69, 9.17) is 10.8 Å². The lowest BCUT2D eigenvalue weighted by Gasteiger charge is -2.24. The van der Waals surface area contributed by atoms with Gasteiger partial charge in [-0.05, 0) is 6.92 Å². The second-order valence-electron chi connectivity index (χ2n) is 4.30. The number of aliphatic carboxylic acids is 1. The van der Waals surface area contributed by atoms with Crippen molar-refractivity contribution in [1.29, 1.82) is 0 Å². The summed E-state index contributed by atoms with van der Waals surface area (Å²) < 4.78 is 1.40. The van der Waals surface area contributed by atoms with Crippen LogP contribution in [0.4, 0.5) is 5.82 Å². The molecule has 0 spiro atoms. The number of nitrogen functional groups attached to an aromatic ring is 1. The molecule has 5 N–H and O–H groups in total. The quantitative estimate of drug-likeness (QED) is 0.529. The third-order valence-corrected chi connectivity index (χ3v) is 2.88. The van der Waals surface area contributed by atoms with Crippen molar-refractivity contribution in [2.75, 3.05) is 5.73 Å². The lowest BCUT2D eigenvalue weighted by molar-refractivity contribution is -0.169. The SMILES string of the molecule is C[C@](O)(C(=O)O)[C@H](O)Cn1cnc2c(N)ncnc21. The van der Waals surface area contributed by atoms with Crippen LogP contribution in [0.5, 0.6) is 0 Å². The molecule has 0 saturated heterocycles. The Kier molecular flexibility index (Phi) is 3.08. The van der Waals surface area contributed by atoms with Crippen LogP contribution >= 0.6 is 0 Å². The van der Waals surface area contributed by atoms with Crippen molar-refractivity contribution in [1.82, 2.24) is 19.5 Å². The maximum Gasteiger partial charge on any atom is 0.338 e. The first-order valence-electron chi connectivity index (χ1n) is 5.39. The Morgan fingerprint density at radius 2 is 2.21 bits per heavy atom. The standard InChI is InChI=1S/C10H13N5O4/c1-10(19,9(17)18)5(16)2-15-4-14-6-7(11)12-3-13-8(6)15/h3-5,16,19H,2H2,1H3,(H,17,18)(H2,11,12,13)/t5-,10-/m1/s1. The van der Waals surface area contributed by atoms with Crippen molar-refractivity contribution < 1.29 is 20.1 Å². The normalized spacial score (nSPS) is 16.2. The van der Waals surface area contributed by atoms with E-state index in [-0.39, 0.29) is 12.4 Å². The minimum Gasteiger partial charge on any atom is -0.479 e. The van der Waals surface area contributed by atoms with Crippen molar-refractivity contribution >= 4 is 23.0 Å². The third kappa shape index (κ3) is 2.20. The number of rotatable bonds is 4. The number of nitrogens with two attached hydrogens (primary N) is 1. The fourth-order valence-electron chi connectivity index (χ4n) is 1.54. The monoisotopic (exact) mass is 267 g/mol. The summed E-state index contributed by atoms with van der Waals surface area (Å²) in [5.41, 5.74) is 4.04. The molecule has 0 aromatic carbocycles. The number of anilines is 1. The molecule has 0 amide bonds. The number of hydrogen-bond acceptors (Lipinski definition) is 7. The van der Waals surface area contributed by atoms with Crippen molar-refractivity contribution in [2.45, 2.75) is 25.2 Å². The zero-order valence-electron chi connectivity index (χ0n) is 10.1. The van der Waals surface area contributed by atoms with Gasteiger partial charge in [-0.2, -0.15) is 0 Å². The van der Waals surface area contributed by atoms with E-state index in [0.29, 0.717) is 11.2 Å². The molecule has 2 aromatic heterocycles. The van der Waals surface area contributed by atoms with E-state index in [1.807, 2.05) is 0 Å². The summed E-state index contributed by atoms with van der Waals surface area (Å²) in [7, 11) is 0. The Labute approximate surface area is 107 Å². The molecule has 0 saturated carbocycles. The summed E-state index contributed by atoms with van der Waals surface area (Å²) >= 11 is 0. The van der Waals surface area contributed by atoms with Gasteiger partial charge in [-0.3, -0.25) is 0 Å². The number of fused-ring (bicyclic) bond motifs is 1. The molecule has 0 bridgehead atoms. The lowest BCUT2D eigenvalue weighted by atomic mass is 9.99. The van der Waals surface area contributed by atoms with Crippen LogP contribution in [-0.2, 0) is 11.3 Å². The number of carboxylic acids is 1. The first-order chi connectivity index (χ1) is 8.84. The zero-order valence-corrected chi connectivity index (χ0v) is 10.1. The van der Waals surface area contributed by atoms with Gasteiger partial charge in [0.05, 0.1) is 12.9 Å². The van der Waals surface area contributed by atoms with Gasteiger partial charge in [-0.1, -0.05) is 0 Å². The van der Waals surface area contributed by atoms with E-state index in [1.54, 1.807) is 0 Å². The number of carboxylic acid groups (broad SMARTS) is 1. The maximum atomic E-state index is 10.8. The number of nitrogens with zero attached hydrogens (tertiary/aromatic N) is 4. The number of aliphatic hydroxyl groups is 2. The molecule has 0 aliphatic carbocycles. The molecule has 102 valence electrons. The second kappa shape index (κ2) is 4.44. The van der Waals surface area contributed by atoms with Crippen molar-refractivity contribution in [3.63, 3.8) is 0 Å². The molecular formula is C10H13N5O4. The molecule has 2 rings (SSSR count). The molecule has 9 nitrogen and oxygen atoms in total. The molecule has 0 aliphatic heterocycles. The summed E-state index contributed by atoms with van der Waals surface area (Å²) in [4.78, 5) is 22.5. The Hall–Kier alpha value is -2.26. The van der Waals surface area contributed by atoms with E-state index in [2.05, 4.69) is 15.0 Å². The van der Waals surface area contributed by atoms with E-state index in [0.717, 1.165) is 6.92 Å². The highest BCUT2D eigenvalue weighted by Gasteiger charge is 2.38. The maximum absolute atomic E-state index is 10.8. The fourth-order valence-corrected chi connectivity index (χ4v) is 1.54. The predicted molar refractivity (Wildman–Crippen MR) is 64.0 cm³/mol. The van der Waals surface area contributed by atoms with Crippen LogP contribution in [0.3, 0.4) is 0 Å². The van der Waals surface area contributed by atoms with E-state index >= 15 is 0 Å². The topological polar surface area (TPSA) is 147 Å². The highest BCUT2D eigenvalue weighted by molar-refractivity contribution is 5.81. The van der Waals surface area contributed by atoms with Gasteiger partial charge in [-0.25, -0.2) is 19.7 Å². The molecule has 2 heterocycles. The van der Waals surface area contributed by atoms with E-state index in [9.17, 15) is 15.0 Å². The summed E-state index contributed by atoms with van der Waals surface area (Å²) in [5.74, 6) is -1.33. The van der Waals surface area contributed by atoms with E-state index in [1.165, 1.54) is 17.2 Å². The van der Waals surface area contributed by atoms with Gasteiger partial charge >= 0.3 is 5.97 Å². The van der Waals surface area contributed by atoms with Crippen LogP contribution < -0.4 is 5.73 Å². The predicted octanol–water partition coefficient (Wildman–Crippen LogP) is -1.40. The van der Waals surface area contributed by atoms with Crippen molar-refractivity contribution in [3.05, 3.63) is 12.7 Å². The summed E-state index contributed by atoms with van der Waals surface area (Å²) in [6.45, 7) is 0.828. The smallest absolute Gasteiger partial charge is 0.338 e. The molecular weight excluding hydrogens is 254 g/mol. The zero-order chi connectivity index (χ0) is 14.2. The first-order valence-corrected chi connectivity index (χ1v) is 5.39. The van der Waals surface area contributed by atoms with Crippen LogP contribution in [-0.4, -0.2) is 52.5 Å². The summed E-state index contributed by atoms with van der Waals surface area (Å²) in [5, 5.41) is 28.3. The fraction of sp³-hybridized carbons (Fsp3) is 0.400. The van der Waals surface area contributed by atoms with Gasteiger partial charge < -0.3 is 25.6 Å². The molecule has 0 unspecified atom stereocenters. The van der Waals surface area contributed by atoms with Crippen LogP contribution in [0.25, 0.3) is 11.2 Å². The largest absolute Gasteiger partial charge is 0.479 e. The van der Waals surface area contributed by atoms with E-state index < -0.39 is 17.7 Å². The Bertz CT molecular complexity index is 623. The van der Waals surface area contributed by atoms with Gasteiger partial charge in [-0.15, -0.1) is 0 Å². The summed E-state index contributed by atoms with van der Waals surface area (Å²) in [6, 6.07) is 0. The lowest BCUT2D eigenvalue weighted by Crippen LogP contribution is -2.48. The van der Waals surface area contributed by atoms with Crippen LogP contribution in [0.15, 0.2) is 12.7 Å². The number of imidazole rings is 1. The van der Waals surface area contributed by atoms with Gasteiger partial charge in [0.25, 0.3) is 0 Å². The molecule has 0 radical (unpaired) electrons. The molecule has 0 fully saturated rings. The second-order valence-corrected chi connectivity index (χ2v) is 4.30. The number of aromatic nitrogens is 4. The van der Waals surface area contributed by atoms with Gasteiger partial charge in [0, 0.05) is 0 Å². The van der Waals surface area contributed by atoms with Gasteiger partial charge in [0.2, 0.25) is 0 Å². The Morgan fingerprint density at radius 1 is 1.53 bits per heavy atom. The minimum atomic E-state index is -2.27. The van der Waals surface area contributed by atoms with Gasteiger partial charge in [0.15, 0.2) is 17.1 Å². The molecule has 9 heteroatoms. The molecule has 2 aromatic rings. The Morgan fingerprint density at radius 3 is 2.84 bits per heavy atom. The Balaban J connectivity index is 2.32. The minimum absolute atomic E-state index is 0.184. The van der Waals surface area contributed by atoms with Crippen molar-refractivity contribution in [3.8, 4) is 0 Å². The summed E-state index contributed by atoms with van der Waals surface area (Å²) in [6.07, 6.45) is 1.05. The van der Waals surface area contributed by atoms with Crippen LogP contribution in [0, 0.1) is 0 Å². The number of aliphatic hydroxyl groups excluding tert-OH is 1. The highest BCUT2D eigenvalue weighted by Crippen LogP contribution is 2.17. The number of hydrogen-bond donors (Lipinski definition) is 4. The van der Waals surface area contributed by atoms with Crippen molar-refractivity contribution in [2.24, 2.45) is 0 Å². The highest BCUT2D eigenvalue weighted by atomic mass is 16.4. The van der Waals surface area contributed by atoms with Gasteiger partial charge in [0.1, 0.15) is 17.9 Å². The first kappa shape index (κ1) is 13.2. The van der Waals surface area contributed by atoms with Crippen LogP contribution in [0.2, 0.25) is 0 Å².